The number of nitrogens with one attached hydrogen (secondary N) is 1. The van der Waals surface area contributed by atoms with Crippen molar-refractivity contribution < 1.29 is 4.21 Å². The van der Waals surface area contributed by atoms with Crippen molar-refractivity contribution in [2.75, 3.05) is 5.73 Å². The number of hydrogen-bond donors (Lipinski definition) is 2. The van der Waals surface area contributed by atoms with E-state index in [0.717, 1.165) is 16.8 Å². The molecule has 2 aromatic heterocycles. The molecule has 24 heavy (non-hydrogen) atoms. The third-order valence-corrected chi connectivity index (χ3v) is 5.12. The van der Waals surface area contributed by atoms with E-state index in [1.54, 1.807) is 24.7 Å². The molecule has 0 fully saturated rings. The Morgan fingerprint density at radius 3 is 2.75 bits per heavy atom. The fourth-order valence-corrected chi connectivity index (χ4v) is 3.01. The minimum Gasteiger partial charge on any atom is -0.397 e. The highest BCUT2D eigenvalue weighted by molar-refractivity contribution is 7.84. The van der Waals surface area contributed by atoms with Crippen LogP contribution in [-0.4, -0.2) is 18.9 Å². The number of nitrogens with zero attached hydrogens (tertiary/aromatic N) is 2. The van der Waals surface area contributed by atoms with E-state index in [1.807, 2.05) is 39.0 Å². The fraction of sp³-hybridized carbons (Fsp3) is 0.333. The lowest BCUT2D eigenvalue weighted by Crippen LogP contribution is -2.36. The van der Waals surface area contributed by atoms with E-state index in [4.69, 9.17) is 5.73 Å². The number of hydrogen-bond acceptors (Lipinski definition) is 4. The quantitative estimate of drug-likeness (QED) is 0.787. The van der Waals surface area contributed by atoms with Crippen LogP contribution in [0.3, 0.4) is 0 Å². The Kier molecular flexibility index (Phi) is 5.85. The molecule has 1 unspecified atom stereocenters. The second-order valence-electron chi connectivity index (χ2n) is 6.51. The molecule has 2 heterocycles. The van der Waals surface area contributed by atoms with Gasteiger partial charge in [-0.05, 0) is 51.0 Å². The van der Waals surface area contributed by atoms with Crippen molar-refractivity contribution in [2.45, 2.75) is 38.0 Å². The number of nitrogens with two attached hydrogens (primary N) is 1. The van der Waals surface area contributed by atoms with E-state index in [-0.39, 0.29) is 10.8 Å². The maximum atomic E-state index is 12.4. The average Bonchev–Trinajstić information content (AvgIpc) is 2.54. The molecule has 0 saturated heterocycles. The summed E-state index contributed by atoms with van der Waals surface area (Å²) < 4.78 is 15.2. The maximum absolute atomic E-state index is 12.4. The van der Waals surface area contributed by atoms with E-state index in [1.165, 1.54) is 0 Å². The first-order chi connectivity index (χ1) is 11.3. The van der Waals surface area contributed by atoms with Gasteiger partial charge in [-0.3, -0.25) is 9.97 Å². The molecule has 0 amide bonds. The van der Waals surface area contributed by atoms with Gasteiger partial charge in [0.1, 0.15) is 0 Å². The monoisotopic (exact) mass is 344 g/mol. The molecule has 6 heteroatoms. The fourth-order valence-electron chi connectivity index (χ4n) is 2.18. The third kappa shape index (κ3) is 4.49. The van der Waals surface area contributed by atoms with Gasteiger partial charge in [-0.1, -0.05) is 6.08 Å². The second-order valence-corrected chi connectivity index (χ2v) is 8.51. The van der Waals surface area contributed by atoms with E-state index in [0.29, 0.717) is 12.1 Å². The van der Waals surface area contributed by atoms with E-state index >= 15 is 0 Å². The van der Waals surface area contributed by atoms with Gasteiger partial charge in [0.15, 0.2) is 0 Å². The molecule has 0 bridgehead atoms. The summed E-state index contributed by atoms with van der Waals surface area (Å²) in [5, 5.41) is 0. The highest BCUT2D eigenvalue weighted by atomic mass is 32.2. The van der Waals surface area contributed by atoms with Crippen molar-refractivity contribution >= 4 is 16.7 Å². The summed E-state index contributed by atoms with van der Waals surface area (Å²) in [5.74, 6) is 0. The van der Waals surface area contributed by atoms with Crippen LogP contribution in [0.15, 0.2) is 49.4 Å². The zero-order valence-corrected chi connectivity index (χ0v) is 15.1. The number of anilines is 1. The van der Waals surface area contributed by atoms with Gasteiger partial charge >= 0.3 is 0 Å². The van der Waals surface area contributed by atoms with Gasteiger partial charge in [0, 0.05) is 18.0 Å². The molecule has 0 radical (unpaired) electrons. The van der Waals surface area contributed by atoms with Crippen LogP contribution >= 0.6 is 0 Å². The molecule has 0 aliphatic rings. The molecule has 2 aromatic rings. The molecule has 0 saturated carbocycles. The van der Waals surface area contributed by atoms with Crippen molar-refractivity contribution in [1.82, 2.24) is 14.7 Å². The average molecular weight is 344 g/mol. The van der Waals surface area contributed by atoms with E-state index in [2.05, 4.69) is 21.3 Å². The normalized spacial score (nSPS) is 14.1. The Labute approximate surface area is 146 Å². The SMILES string of the molecule is C=CCC(N[S@@](=O)C(C)(C)C)c1cc(-c2ccncc2N)ccn1. The number of nitrogen functional groups attached to an aromatic ring is 1. The van der Waals surface area contributed by atoms with Crippen LogP contribution in [-0.2, 0) is 11.0 Å². The van der Waals surface area contributed by atoms with E-state index in [9.17, 15) is 4.21 Å². The Morgan fingerprint density at radius 2 is 2.12 bits per heavy atom. The summed E-state index contributed by atoms with van der Waals surface area (Å²) in [6, 6.07) is 5.57. The molecular formula is C18H24N4OS. The van der Waals surface area contributed by atoms with Gasteiger partial charge in [0.2, 0.25) is 0 Å². The zero-order valence-electron chi connectivity index (χ0n) is 14.3. The molecule has 3 N–H and O–H groups in total. The Hall–Kier alpha value is -2.05. The van der Waals surface area contributed by atoms with Crippen LogP contribution in [0, 0.1) is 0 Å². The molecule has 2 rings (SSSR count). The van der Waals surface area contributed by atoms with Gasteiger partial charge in [0.05, 0.1) is 39.4 Å². The number of aromatic nitrogens is 2. The Balaban J connectivity index is 2.35. The summed E-state index contributed by atoms with van der Waals surface area (Å²) >= 11 is 0. The van der Waals surface area contributed by atoms with E-state index < -0.39 is 11.0 Å². The molecule has 2 atom stereocenters. The lowest BCUT2D eigenvalue weighted by atomic mass is 10.0. The molecule has 0 aliphatic heterocycles. The summed E-state index contributed by atoms with van der Waals surface area (Å²) in [4.78, 5) is 8.46. The van der Waals surface area contributed by atoms with Crippen molar-refractivity contribution in [3.63, 3.8) is 0 Å². The summed E-state index contributed by atoms with van der Waals surface area (Å²) in [5.41, 5.74) is 9.29. The largest absolute Gasteiger partial charge is 0.397 e. The summed E-state index contributed by atoms with van der Waals surface area (Å²) in [7, 11) is -1.20. The second kappa shape index (κ2) is 7.68. The van der Waals surface area contributed by atoms with Gasteiger partial charge in [-0.15, -0.1) is 6.58 Å². The molecule has 5 nitrogen and oxygen atoms in total. The van der Waals surface area contributed by atoms with Crippen molar-refractivity contribution in [1.29, 1.82) is 0 Å². The minimum absolute atomic E-state index is 0.175. The lowest BCUT2D eigenvalue weighted by molar-refractivity contribution is 0.594. The molecule has 128 valence electrons. The predicted octanol–water partition coefficient (Wildman–Crippen LogP) is 3.39. The van der Waals surface area contributed by atoms with Crippen LogP contribution in [0.5, 0.6) is 0 Å². The Bertz CT molecular complexity index is 740. The topological polar surface area (TPSA) is 80.9 Å². The molecule has 0 aromatic carbocycles. The highest BCUT2D eigenvalue weighted by Gasteiger charge is 2.24. The van der Waals surface area contributed by atoms with Crippen LogP contribution in [0.1, 0.15) is 38.9 Å². The van der Waals surface area contributed by atoms with Crippen LogP contribution in [0.2, 0.25) is 0 Å². The molecular weight excluding hydrogens is 320 g/mol. The number of pyridine rings is 2. The van der Waals surface area contributed by atoms with Crippen molar-refractivity contribution in [3.05, 3.63) is 55.1 Å². The van der Waals surface area contributed by atoms with Crippen molar-refractivity contribution in [2.24, 2.45) is 0 Å². The minimum atomic E-state index is -1.20. The standard InChI is InChI=1S/C18H24N4OS/c1-5-6-16(22-24(23)18(2,3)4)17-11-13(7-10-21-17)14-8-9-20-12-15(14)19/h5,7-12,16,22H,1,6,19H2,2-4H3/t16?,24-/m0/s1. The first-order valence-corrected chi connectivity index (χ1v) is 8.92. The Morgan fingerprint density at radius 1 is 1.38 bits per heavy atom. The van der Waals surface area contributed by atoms with Gasteiger partial charge in [-0.25, -0.2) is 8.93 Å². The summed E-state index contributed by atoms with van der Waals surface area (Å²) in [6.45, 7) is 9.59. The number of rotatable bonds is 6. The van der Waals surface area contributed by atoms with Crippen molar-refractivity contribution in [3.8, 4) is 11.1 Å². The predicted molar refractivity (Wildman–Crippen MR) is 100 cm³/mol. The van der Waals surface area contributed by atoms with Crippen LogP contribution in [0.4, 0.5) is 5.69 Å². The maximum Gasteiger partial charge on any atom is 0.0976 e. The van der Waals surface area contributed by atoms with Gasteiger partial charge in [-0.2, -0.15) is 0 Å². The third-order valence-electron chi connectivity index (χ3n) is 3.51. The first-order valence-electron chi connectivity index (χ1n) is 7.77. The lowest BCUT2D eigenvalue weighted by Gasteiger charge is -2.23. The molecule has 0 aliphatic carbocycles. The summed E-state index contributed by atoms with van der Waals surface area (Å²) in [6.07, 6.45) is 7.50. The highest BCUT2D eigenvalue weighted by Crippen LogP contribution is 2.27. The molecule has 0 spiro atoms. The van der Waals surface area contributed by atoms with Crippen LogP contribution < -0.4 is 10.5 Å². The van der Waals surface area contributed by atoms with Crippen LogP contribution in [0.25, 0.3) is 11.1 Å². The smallest absolute Gasteiger partial charge is 0.0976 e. The zero-order chi connectivity index (χ0) is 17.7. The first kappa shape index (κ1) is 18.3. The van der Waals surface area contributed by atoms with Gasteiger partial charge in [0.25, 0.3) is 0 Å². The van der Waals surface area contributed by atoms with Gasteiger partial charge < -0.3 is 5.73 Å².